The summed E-state index contributed by atoms with van der Waals surface area (Å²) in [6.45, 7) is -0.230. The third-order valence-electron chi connectivity index (χ3n) is 1.67. The van der Waals surface area contributed by atoms with Gasteiger partial charge in [0.05, 0.1) is 18.4 Å². The van der Waals surface area contributed by atoms with Crippen LogP contribution < -0.4 is 5.32 Å². The van der Waals surface area contributed by atoms with E-state index in [1.807, 2.05) is 0 Å². The molecule has 3 N–H and O–H groups in total. The first-order valence-corrected chi connectivity index (χ1v) is 4.90. The molecule has 0 aliphatic rings. The first kappa shape index (κ1) is 11.4. The maximum atomic E-state index is 13.1. The van der Waals surface area contributed by atoms with Crippen molar-refractivity contribution in [2.24, 2.45) is 0 Å². The van der Waals surface area contributed by atoms with Crippen molar-refractivity contribution in [3.8, 4) is 0 Å². The molecule has 0 radical (unpaired) electrons. The smallest absolute Gasteiger partial charge is 0.146 e. The van der Waals surface area contributed by atoms with Crippen molar-refractivity contribution >= 4 is 21.6 Å². The molecule has 1 unspecified atom stereocenters. The number of rotatable bonds is 4. The van der Waals surface area contributed by atoms with Gasteiger partial charge in [0.2, 0.25) is 0 Å². The van der Waals surface area contributed by atoms with Crippen molar-refractivity contribution in [1.29, 1.82) is 0 Å². The Morgan fingerprint density at radius 3 is 2.86 bits per heavy atom. The summed E-state index contributed by atoms with van der Waals surface area (Å²) in [5.41, 5.74) is 0.298. The zero-order valence-corrected chi connectivity index (χ0v) is 8.96. The second-order valence-corrected chi connectivity index (χ2v) is 3.76. The largest absolute Gasteiger partial charge is 0.394 e. The predicted molar refractivity (Wildman–Crippen MR) is 55.7 cm³/mol. The quantitative estimate of drug-likeness (QED) is 0.769. The molecule has 0 bridgehead atoms. The minimum atomic E-state index is -0.881. The van der Waals surface area contributed by atoms with Crippen LogP contribution in [0.3, 0.4) is 0 Å². The molecule has 0 fully saturated rings. The topological polar surface area (TPSA) is 52.5 Å². The molecule has 14 heavy (non-hydrogen) atoms. The molecule has 3 nitrogen and oxygen atoms in total. The van der Waals surface area contributed by atoms with E-state index in [2.05, 4.69) is 21.2 Å². The zero-order chi connectivity index (χ0) is 10.6. The summed E-state index contributed by atoms with van der Waals surface area (Å²) < 4.78 is 13.8. The second-order valence-electron chi connectivity index (χ2n) is 2.84. The third-order valence-corrected chi connectivity index (χ3v) is 2.16. The van der Waals surface area contributed by atoms with E-state index in [0.717, 1.165) is 4.47 Å². The highest BCUT2D eigenvalue weighted by atomic mass is 79.9. The molecule has 0 aliphatic heterocycles. The van der Waals surface area contributed by atoms with Crippen molar-refractivity contribution in [3.05, 3.63) is 28.5 Å². The second kappa shape index (κ2) is 5.29. The zero-order valence-electron chi connectivity index (χ0n) is 7.37. The molecule has 0 heterocycles. The Kier molecular flexibility index (Phi) is 4.31. The fourth-order valence-electron chi connectivity index (χ4n) is 0.925. The van der Waals surface area contributed by atoms with Crippen molar-refractivity contribution in [1.82, 2.24) is 0 Å². The van der Waals surface area contributed by atoms with E-state index in [-0.39, 0.29) is 13.2 Å². The van der Waals surface area contributed by atoms with Gasteiger partial charge >= 0.3 is 0 Å². The number of aliphatic hydroxyl groups excluding tert-OH is 2. The molecule has 1 aromatic carbocycles. The van der Waals surface area contributed by atoms with E-state index in [9.17, 15) is 4.39 Å². The number of nitrogens with one attached hydrogen (secondary N) is 1. The Balaban J connectivity index is 2.62. The molecule has 0 saturated carbocycles. The predicted octanol–water partition coefficient (Wildman–Crippen LogP) is 1.35. The summed E-state index contributed by atoms with van der Waals surface area (Å²) in [6.07, 6.45) is -0.881. The van der Waals surface area contributed by atoms with Crippen LogP contribution in [-0.2, 0) is 0 Å². The lowest BCUT2D eigenvalue weighted by Crippen LogP contribution is -2.23. The molecule has 0 spiro atoms. The fourth-order valence-corrected chi connectivity index (χ4v) is 1.29. The fraction of sp³-hybridized carbons (Fsp3) is 0.333. The van der Waals surface area contributed by atoms with Crippen LogP contribution in [0.4, 0.5) is 10.1 Å². The number of hydrogen-bond donors (Lipinski definition) is 3. The van der Waals surface area contributed by atoms with Gasteiger partial charge in [-0.3, -0.25) is 0 Å². The van der Waals surface area contributed by atoms with Crippen LogP contribution in [0.15, 0.2) is 22.7 Å². The standard InChI is InChI=1S/C9H11BrFNO2/c10-6-1-2-8(11)9(3-6)12-4-7(14)5-13/h1-3,7,12-14H,4-5H2. The Labute approximate surface area is 89.7 Å². The van der Waals surface area contributed by atoms with Crippen molar-refractivity contribution in [2.45, 2.75) is 6.10 Å². The van der Waals surface area contributed by atoms with Gasteiger partial charge in [0.15, 0.2) is 0 Å². The molecule has 1 atom stereocenters. The van der Waals surface area contributed by atoms with E-state index in [0.29, 0.717) is 5.69 Å². The number of aliphatic hydroxyl groups is 2. The molecule has 0 amide bonds. The molecule has 5 heteroatoms. The van der Waals surface area contributed by atoms with E-state index >= 15 is 0 Å². The van der Waals surface area contributed by atoms with Gasteiger partial charge in [-0.1, -0.05) is 15.9 Å². The van der Waals surface area contributed by atoms with Crippen LogP contribution in [0.25, 0.3) is 0 Å². The van der Waals surface area contributed by atoms with E-state index in [1.165, 1.54) is 6.07 Å². The van der Waals surface area contributed by atoms with Crippen molar-refractivity contribution in [2.75, 3.05) is 18.5 Å². The van der Waals surface area contributed by atoms with Gasteiger partial charge in [0, 0.05) is 11.0 Å². The number of anilines is 1. The summed E-state index contributed by atoms with van der Waals surface area (Å²) in [4.78, 5) is 0. The maximum absolute atomic E-state index is 13.1. The lowest BCUT2D eigenvalue weighted by atomic mass is 10.3. The van der Waals surface area contributed by atoms with Gasteiger partial charge in [-0.05, 0) is 18.2 Å². The van der Waals surface area contributed by atoms with E-state index in [4.69, 9.17) is 10.2 Å². The van der Waals surface area contributed by atoms with Crippen LogP contribution in [-0.4, -0.2) is 29.5 Å². The summed E-state index contributed by atoms with van der Waals surface area (Å²) in [5.74, 6) is -0.390. The van der Waals surface area contributed by atoms with Gasteiger partial charge < -0.3 is 15.5 Å². The molecule has 0 aliphatic carbocycles. The summed E-state index contributed by atoms with van der Waals surface area (Å²) in [7, 11) is 0. The number of hydrogen-bond acceptors (Lipinski definition) is 3. The van der Waals surface area contributed by atoms with Crippen LogP contribution >= 0.6 is 15.9 Å². The first-order valence-electron chi connectivity index (χ1n) is 4.11. The van der Waals surface area contributed by atoms with Crippen LogP contribution in [0.5, 0.6) is 0 Å². The average Bonchev–Trinajstić information content (AvgIpc) is 2.19. The molecular weight excluding hydrogens is 253 g/mol. The molecule has 78 valence electrons. The Hall–Kier alpha value is -0.650. The Morgan fingerprint density at radius 2 is 2.21 bits per heavy atom. The molecule has 1 rings (SSSR count). The summed E-state index contributed by atoms with van der Waals surface area (Å²) in [6, 6.07) is 4.47. The highest BCUT2D eigenvalue weighted by Crippen LogP contribution is 2.19. The average molecular weight is 264 g/mol. The Bertz CT molecular complexity index is 309. The monoisotopic (exact) mass is 263 g/mol. The normalized spacial score (nSPS) is 12.6. The van der Waals surface area contributed by atoms with Crippen molar-refractivity contribution in [3.63, 3.8) is 0 Å². The SMILES string of the molecule is OCC(O)CNc1cc(Br)ccc1F. The third kappa shape index (κ3) is 3.25. The van der Waals surface area contributed by atoms with Crippen LogP contribution in [0, 0.1) is 5.82 Å². The van der Waals surface area contributed by atoms with Crippen LogP contribution in [0.2, 0.25) is 0 Å². The minimum Gasteiger partial charge on any atom is -0.394 e. The first-order chi connectivity index (χ1) is 6.63. The molecule has 0 aromatic heterocycles. The number of halogens is 2. The molecule has 1 aromatic rings. The Morgan fingerprint density at radius 1 is 1.50 bits per heavy atom. The van der Waals surface area contributed by atoms with E-state index < -0.39 is 11.9 Å². The highest BCUT2D eigenvalue weighted by molar-refractivity contribution is 9.10. The van der Waals surface area contributed by atoms with E-state index in [1.54, 1.807) is 12.1 Å². The maximum Gasteiger partial charge on any atom is 0.146 e. The lowest BCUT2D eigenvalue weighted by molar-refractivity contribution is 0.105. The van der Waals surface area contributed by atoms with Gasteiger partial charge in [-0.15, -0.1) is 0 Å². The van der Waals surface area contributed by atoms with Gasteiger partial charge in [0.25, 0.3) is 0 Å². The summed E-state index contributed by atoms with van der Waals surface area (Å²) in [5, 5.41) is 20.3. The highest BCUT2D eigenvalue weighted by Gasteiger charge is 2.05. The van der Waals surface area contributed by atoms with Crippen LogP contribution in [0.1, 0.15) is 0 Å². The van der Waals surface area contributed by atoms with Gasteiger partial charge in [-0.25, -0.2) is 4.39 Å². The van der Waals surface area contributed by atoms with Gasteiger partial charge in [-0.2, -0.15) is 0 Å². The number of benzene rings is 1. The molecular formula is C9H11BrFNO2. The minimum absolute atomic E-state index is 0.115. The van der Waals surface area contributed by atoms with Gasteiger partial charge in [0.1, 0.15) is 5.82 Å². The molecule has 0 saturated heterocycles. The lowest BCUT2D eigenvalue weighted by Gasteiger charge is -2.10. The van der Waals surface area contributed by atoms with Crippen molar-refractivity contribution < 1.29 is 14.6 Å². The summed E-state index contributed by atoms with van der Waals surface area (Å²) >= 11 is 3.20.